The molecular formula is C18H18ClNO3. The molecule has 1 N–H and O–H groups in total. The highest BCUT2D eigenvalue weighted by atomic mass is 35.5. The molecule has 2 rings (SSSR count). The van der Waals surface area contributed by atoms with Crippen LogP contribution < -0.4 is 10.1 Å². The van der Waals surface area contributed by atoms with Crippen LogP contribution in [0.2, 0.25) is 5.02 Å². The zero-order valence-electron chi connectivity index (χ0n) is 13.0. The molecule has 0 aliphatic heterocycles. The van der Waals surface area contributed by atoms with E-state index in [1.807, 2.05) is 6.92 Å². The van der Waals surface area contributed by atoms with Crippen molar-refractivity contribution in [2.45, 2.75) is 20.0 Å². The first-order valence-electron chi connectivity index (χ1n) is 7.36. The van der Waals surface area contributed by atoms with Crippen LogP contribution in [0, 0.1) is 0 Å². The summed E-state index contributed by atoms with van der Waals surface area (Å²) in [6.45, 7) is 4.08. The van der Waals surface area contributed by atoms with Gasteiger partial charge in [0.2, 0.25) is 0 Å². The second kappa shape index (κ2) is 7.79. The number of carbonyl (C=O) groups is 2. The number of hydrogen-bond donors (Lipinski definition) is 1. The van der Waals surface area contributed by atoms with Crippen molar-refractivity contribution < 1.29 is 14.3 Å². The quantitative estimate of drug-likeness (QED) is 0.824. The standard InChI is InChI=1S/C18H18ClNO3/c1-3-20-18(22)12(2)23-16-10-6-14(7-11-16)17(21)13-4-8-15(19)9-5-13/h4-12H,3H2,1-2H3,(H,20,22)/t12-/m0/s1. The lowest BCUT2D eigenvalue weighted by atomic mass is 10.0. The third kappa shape index (κ3) is 4.57. The first kappa shape index (κ1) is 17.0. The van der Waals surface area contributed by atoms with Crippen LogP contribution in [0.15, 0.2) is 48.5 Å². The smallest absolute Gasteiger partial charge is 0.260 e. The van der Waals surface area contributed by atoms with Crippen molar-refractivity contribution in [3.8, 4) is 5.75 Å². The van der Waals surface area contributed by atoms with Crippen molar-refractivity contribution in [3.63, 3.8) is 0 Å². The molecule has 2 aromatic carbocycles. The maximum absolute atomic E-state index is 12.3. The number of hydrogen-bond acceptors (Lipinski definition) is 3. The van der Waals surface area contributed by atoms with Crippen LogP contribution in [0.4, 0.5) is 0 Å². The summed E-state index contributed by atoms with van der Waals surface area (Å²) in [5, 5.41) is 3.28. The minimum Gasteiger partial charge on any atom is -0.481 e. The Hall–Kier alpha value is -2.33. The summed E-state index contributed by atoms with van der Waals surface area (Å²) in [5.41, 5.74) is 1.11. The molecule has 1 atom stereocenters. The first-order valence-corrected chi connectivity index (χ1v) is 7.73. The van der Waals surface area contributed by atoms with Gasteiger partial charge in [-0.15, -0.1) is 0 Å². The van der Waals surface area contributed by atoms with Gasteiger partial charge in [0.25, 0.3) is 5.91 Å². The molecule has 23 heavy (non-hydrogen) atoms. The molecule has 0 aromatic heterocycles. The summed E-state index contributed by atoms with van der Waals surface area (Å²) in [6, 6.07) is 13.4. The molecule has 0 aliphatic rings. The molecule has 2 aromatic rings. The van der Waals surface area contributed by atoms with E-state index < -0.39 is 6.10 Å². The fourth-order valence-corrected chi connectivity index (χ4v) is 2.15. The molecule has 0 saturated heterocycles. The van der Waals surface area contributed by atoms with Gasteiger partial charge in [-0.2, -0.15) is 0 Å². The Morgan fingerprint density at radius 3 is 2.09 bits per heavy atom. The highest BCUT2D eigenvalue weighted by molar-refractivity contribution is 6.30. The van der Waals surface area contributed by atoms with Gasteiger partial charge in [-0.1, -0.05) is 11.6 Å². The van der Waals surface area contributed by atoms with Crippen LogP contribution in [0.25, 0.3) is 0 Å². The molecule has 5 heteroatoms. The number of rotatable bonds is 6. The Labute approximate surface area is 140 Å². The predicted octanol–water partition coefficient (Wildman–Crippen LogP) is 3.47. The molecule has 1 amide bonds. The Morgan fingerprint density at radius 1 is 1.04 bits per heavy atom. The molecule has 0 aliphatic carbocycles. The van der Waals surface area contributed by atoms with Gasteiger partial charge in [0.15, 0.2) is 11.9 Å². The monoisotopic (exact) mass is 331 g/mol. The maximum Gasteiger partial charge on any atom is 0.260 e. The van der Waals surface area contributed by atoms with E-state index in [4.69, 9.17) is 16.3 Å². The van der Waals surface area contributed by atoms with Gasteiger partial charge >= 0.3 is 0 Å². The van der Waals surface area contributed by atoms with Crippen molar-refractivity contribution in [2.75, 3.05) is 6.54 Å². The zero-order chi connectivity index (χ0) is 16.8. The van der Waals surface area contributed by atoms with Crippen molar-refractivity contribution >= 4 is 23.3 Å². The van der Waals surface area contributed by atoms with Crippen LogP contribution in [0.3, 0.4) is 0 Å². The van der Waals surface area contributed by atoms with Gasteiger partial charge in [0.1, 0.15) is 5.75 Å². The zero-order valence-corrected chi connectivity index (χ0v) is 13.8. The van der Waals surface area contributed by atoms with E-state index in [9.17, 15) is 9.59 Å². The van der Waals surface area contributed by atoms with Crippen LogP contribution in [0.5, 0.6) is 5.75 Å². The number of ether oxygens (including phenoxy) is 1. The lowest BCUT2D eigenvalue weighted by Crippen LogP contribution is -2.36. The molecule has 0 saturated carbocycles. The highest BCUT2D eigenvalue weighted by Gasteiger charge is 2.14. The van der Waals surface area contributed by atoms with Gasteiger partial charge in [-0.25, -0.2) is 0 Å². The summed E-state index contributed by atoms with van der Waals surface area (Å²) >= 11 is 5.82. The van der Waals surface area contributed by atoms with Crippen LogP contribution in [-0.2, 0) is 4.79 Å². The predicted molar refractivity (Wildman–Crippen MR) is 90.1 cm³/mol. The van der Waals surface area contributed by atoms with Gasteiger partial charge in [-0.3, -0.25) is 9.59 Å². The topological polar surface area (TPSA) is 55.4 Å². The largest absolute Gasteiger partial charge is 0.481 e. The minimum atomic E-state index is -0.590. The molecule has 120 valence electrons. The molecule has 0 fully saturated rings. The minimum absolute atomic E-state index is 0.0926. The number of benzene rings is 2. The van der Waals surface area contributed by atoms with Crippen molar-refractivity contribution in [3.05, 3.63) is 64.7 Å². The van der Waals surface area contributed by atoms with Crippen LogP contribution >= 0.6 is 11.6 Å². The van der Waals surface area contributed by atoms with Gasteiger partial charge in [-0.05, 0) is 62.4 Å². The van der Waals surface area contributed by atoms with E-state index in [0.717, 1.165) is 0 Å². The van der Waals surface area contributed by atoms with Gasteiger partial charge in [0.05, 0.1) is 0 Å². The Bertz CT molecular complexity index is 680. The molecule has 0 radical (unpaired) electrons. The van der Waals surface area contributed by atoms with Crippen LogP contribution in [0.1, 0.15) is 29.8 Å². The average molecular weight is 332 g/mol. The normalized spacial score (nSPS) is 11.6. The highest BCUT2D eigenvalue weighted by Crippen LogP contribution is 2.18. The lowest BCUT2D eigenvalue weighted by molar-refractivity contribution is -0.127. The molecule has 4 nitrogen and oxygen atoms in total. The number of ketones is 1. The summed E-state index contributed by atoms with van der Waals surface area (Å²) in [4.78, 5) is 24.0. The molecule has 0 bridgehead atoms. The molecule has 0 heterocycles. The maximum atomic E-state index is 12.3. The molecule has 0 unspecified atom stereocenters. The van der Waals surface area contributed by atoms with Gasteiger partial charge in [0, 0.05) is 22.7 Å². The first-order chi connectivity index (χ1) is 11.0. The van der Waals surface area contributed by atoms with Crippen LogP contribution in [-0.4, -0.2) is 24.3 Å². The third-order valence-electron chi connectivity index (χ3n) is 3.26. The Balaban J connectivity index is 2.05. The van der Waals surface area contributed by atoms with Crippen molar-refractivity contribution in [1.82, 2.24) is 5.32 Å². The Morgan fingerprint density at radius 2 is 1.57 bits per heavy atom. The summed E-state index contributed by atoms with van der Waals surface area (Å²) in [5.74, 6) is 0.273. The fraction of sp³-hybridized carbons (Fsp3) is 0.222. The average Bonchev–Trinajstić information content (AvgIpc) is 2.56. The summed E-state index contributed by atoms with van der Waals surface area (Å²) in [7, 11) is 0. The van der Waals surface area contributed by atoms with E-state index in [1.165, 1.54) is 0 Å². The molecular weight excluding hydrogens is 314 g/mol. The summed E-state index contributed by atoms with van der Waals surface area (Å²) < 4.78 is 5.54. The van der Waals surface area contributed by atoms with E-state index in [1.54, 1.807) is 55.5 Å². The van der Waals surface area contributed by atoms with E-state index in [0.29, 0.717) is 28.4 Å². The number of carbonyl (C=O) groups excluding carboxylic acids is 2. The van der Waals surface area contributed by atoms with Crippen molar-refractivity contribution in [2.24, 2.45) is 0 Å². The van der Waals surface area contributed by atoms with E-state index in [-0.39, 0.29) is 11.7 Å². The second-order valence-corrected chi connectivity index (χ2v) is 5.45. The second-order valence-electron chi connectivity index (χ2n) is 5.02. The third-order valence-corrected chi connectivity index (χ3v) is 3.51. The van der Waals surface area contributed by atoms with Gasteiger partial charge < -0.3 is 10.1 Å². The van der Waals surface area contributed by atoms with E-state index in [2.05, 4.69) is 5.32 Å². The lowest BCUT2D eigenvalue weighted by Gasteiger charge is -2.14. The number of amides is 1. The number of likely N-dealkylation sites (N-methyl/N-ethyl adjacent to an activating group) is 1. The SMILES string of the molecule is CCNC(=O)[C@H](C)Oc1ccc(C(=O)c2ccc(Cl)cc2)cc1. The van der Waals surface area contributed by atoms with E-state index >= 15 is 0 Å². The summed E-state index contributed by atoms with van der Waals surface area (Å²) in [6.07, 6.45) is -0.590. The fourth-order valence-electron chi connectivity index (χ4n) is 2.03. The number of nitrogens with one attached hydrogen (secondary N) is 1. The van der Waals surface area contributed by atoms with Crippen molar-refractivity contribution in [1.29, 1.82) is 0 Å². The Kier molecular flexibility index (Phi) is 5.77. The molecule has 0 spiro atoms. The number of halogens is 1.